The van der Waals surface area contributed by atoms with Crippen LogP contribution in [0.1, 0.15) is 53.4 Å². The largest absolute Gasteiger partial charge is 0.393 e. The van der Waals surface area contributed by atoms with Crippen LogP contribution >= 0.6 is 0 Å². The molecule has 154 valence electrons. The molecule has 2 saturated carbocycles. The van der Waals surface area contributed by atoms with Crippen molar-refractivity contribution in [1.82, 2.24) is 0 Å². The molecule has 0 saturated heterocycles. The lowest BCUT2D eigenvalue weighted by molar-refractivity contribution is -0.180. The van der Waals surface area contributed by atoms with E-state index in [4.69, 9.17) is 0 Å². The number of Topliss-reactive ketones (excluding diaryl/α,β-unsaturated/α-hetero) is 1. The molecule has 0 spiro atoms. The standard InChI is InChI=1S/C23H32O5/c1-12-7-15-17-8-13(2)23(28,19(27)11-24)22(17,4)10-18(26)20(15)21(3)6-5-14(25)9-16(12)21/h7,9,13,15,17-18,20,24,26,28H,5-6,8,10-11H2,1-4H3/t13-,15+,17+,18+,20-,21+,22+,23+/m1/s1. The molecule has 0 aromatic heterocycles. The van der Waals surface area contributed by atoms with Gasteiger partial charge in [0.2, 0.25) is 0 Å². The molecule has 0 heterocycles. The molecular formula is C23H32O5. The quantitative estimate of drug-likeness (QED) is 0.674. The molecule has 0 unspecified atom stereocenters. The lowest BCUT2D eigenvalue weighted by atomic mass is 9.46. The first-order chi connectivity index (χ1) is 13.0. The number of fused-ring (bicyclic) bond motifs is 5. The fourth-order valence-electron chi connectivity index (χ4n) is 7.60. The summed E-state index contributed by atoms with van der Waals surface area (Å²) in [6.45, 7) is 7.30. The molecule has 0 aromatic carbocycles. The van der Waals surface area contributed by atoms with Crippen LogP contribution in [0.5, 0.6) is 0 Å². The Labute approximate surface area is 166 Å². The smallest absolute Gasteiger partial charge is 0.190 e. The first kappa shape index (κ1) is 20.0. The van der Waals surface area contributed by atoms with Crippen LogP contribution in [-0.4, -0.2) is 45.2 Å². The highest BCUT2D eigenvalue weighted by Gasteiger charge is 2.70. The van der Waals surface area contributed by atoms with E-state index in [9.17, 15) is 24.9 Å². The van der Waals surface area contributed by atoms with Gasteiger partial charge in [0, 0.05) is 17.8 Å². The monoisotopic (exact) mass is 388 g/mol. The van der Waals surface area contributed by atoms with Crippen LogP contribution in [0.2, 0.25) is 0 Å². The van der Waals surface area contributed by atoms with Crippen molar-refractivity contribution in [3.05, 3.63) is 23.3 Å². The number of allylic oxidation sites excluding steroid dienone is 4. The Morgan fingerprint density at radius 1 is 1.32 bits per heavy atom. The minimum Gasteiger partial charge on any atom is -0.393 e. The van der Waals surface area contributed by atoms with E-state index in [2.05, 4.69) is 13.0 Å². The average Bonchev–Trinajstić information content (AvgIpc) is 2.83. The molecule has 2 fully saturated rings. The Balaban J connectivity index is 1.86. The molecule has 28 heavy (non-hydrogen) atoms. The average molecular weight is 389 g/mol. The van der Waals surface area contributed by atoms with E-state index in [1.807, 2.05) is 20.8 Å². The lowest BCUT2D eigenvalue weighted by Gasteiger charge is -2.59. The summed E-state index contributed by atoms with van der Waals surface area (Å²) < 4.78 is 0. The molecular weight excluding hydrogens is 356 g/mol. The Hall–Kier alpha value is -1.30. The van der Waals surface area contributed by atoms with Gasteiger partial charge >= 0.3 is 0 Å². The summed E-state index contributed by atoms with van der Waals surface area (Å²) in [6, 6.07) is 0. The van der Waals surface area contributed by atoms with Gasteiger partial charge in [0.1, 0.15) is 12.2 Å². The fraction of sp³-hybridized carbons (Fsp3) is 0.739. The van der Waals surface area contributed by atoms with Crippen LogP contribution in [0, 0.1) is 34.5 Å². The first-order valence-electron chi connectivity index (χ1n) is 10.5. The van der Waals surface area contributed by atoms with Gasteiger partial charge in [-0.25, -0.2) is 0 Å². The van der Waals surface area contributed by atoms with Crippen LogP contribution in [0.25, 0.3) is 0 Å². The number of ketones is 2. The zero-order valence-electron chi connectivity index (χ0n) is 17.2. The highest BCUT2D eigenvalue weighted by atomic mass is 16.3. The van der Waals surface area contributed by atoms with Gasteiger partial charge in [-0.15, -0.1) is 0 Å². The normalized spacial score (nSPS) is 50.2. The van der Waals surface area contributed by atoms with Gasteiger partial charge in [-0.3, -0.25) is 9.59 Å². The van der Waals surface area contributed by atoms with E-state index in [0.29, 0.717) is 19.3 Å². The summed E-state index contributed by atoms with van der Waals surface area (Å²) in [7, 11) is 0. The first-order valence-corrected chi connectivity index (χ1v) is 10.5. The maximum Gasteiger partial charge on any atom is 0.190 e. The van der Waals surface area contributed by atoms with Crippen LogP contribution in [-0.2, 0) is 9.59 Å². The van der Waals surface area contributed by atoms with Crippen molar-refractivity contribution in [1.29, 1.82) is 0 Å². The van der Waals surface area contributed by atoms with Gasteiger partial charge in [0.15, 0.2) is 11.6 Å². The third-order valence-electron chi connectivity index (χ3n) is 8.92. The minimum atomic E-state index is -1.63. The second-order valence-electron chi connectivity index (χ2n) is 10.2. The summed E-state index contributed by atoms with van der Waals surface area (Å²) >= 11 is 0. The van der Waals surface area contributed by atoms with Crippen molar-refractivity contribution in [2.24, 2.45) is 34.5 Å². The van der Waals surface area contributed by atoms with E-state index in [-0.39, 0.29) is 34.9 Å². The van der Waals surface area contributed by atoms with Gasteiger partial charge in [0.05, 0.1) is 6.10 Å². The van der Waals surface area contributed by atoms with Gasteiger partial charge in [0.25, 0.3) is 0 Å². The molecule has 5 nitrogen and oxygen atoms in total. The molecule has 4 aliphatic carbocycles. The van der Waals surface area contributed by atoms with Crippen molar-refractivity contribution >= 4 is 11.6 Å². The number of carbonyl (C=O) groups excluding carboxylic acids is 2. The molecule has 4 rings (SSSR count). The Morgan fingerprint density at radius 3 is 2.64 bits per heavy atom. The van der Waals surface area contributed by atoms with Gasteiger partial charge in [-0.2, -0.15) is 0 Å². The summed E-state index contributed by atoms with van der Waals surface area (Å²) in [5.74, 6) is -0.630. The van der Waals surface area contributed by atoms with Crippen LogP contribution in [0.15, 0.2) is 23.3 Å². The minimum absolute atomic E-state index is 0.0343. The number of hydrogen-bond donors (Lipinski definition) is 3. The van der Waals surface area contributed by atoms with Crippen molar-refractivity contribution in [2.45, 2.75) is 65.1 Å². The van der Waals surface area contributed by atoms with Crippen molar-refractivity contribution in [3.8, 4) is 0 Å². The SMILES string of the molecule is CC1=C[C@@H]2[C@H]([C@@H](O)C[C@@]3(C)[C@H]2C[C@@H](C)[C@]3(O)C(=O)CO)[C@@]2(C)CCC(=O)C=C12. The number of hydrogen-bond acceptors (Lipinski definition) is 5. The summed E-state index contributed by atoms with van der Waals surface area (Å²) in [6.07, 6.45) is 5.48. The predicted octanol–water partition coefficient (Wildman–Crippen LogP) is 2.19. The molecule has 4 aliphatic rings. The van der Waals surface area contributed by atoms with E-state index in [1.54, 1.807) is 6.08 Å². The predicted molar refractivity (Wildman–Crippen MR) is 104 cm³/mol. The van der Waals surface area contributed by atoms with Crippen LogP contribution in [0.4, 0.5) is 0 Å². The maximum absolute atomic E-state index is 12.6. The summed E-state index contributed by atoms with van der Waals surface area (Å²) in [5.41, 5.74) is -0.570. The second-order valence-corrected chi connectivity index (χ2v) is 10.2. The topological polar surface area (TPSA) is 94.8 Å². The molecule has 8 atom stereocenters. The van der Waals surface area contributed by atoms with Crippen molar-refractivity contribution in [3.63, 3.8) is 0 Å². The summed E-state index contributed by atoms with van der Waals surface area (Å²) in [5, 5.41) is 32.3. The Bertz CT molecular complexity index is 797. The highest BCUT2D eigenvalue weighted by Crippen LogP contribution is 2.68. The number of carbonyl (C=O) groups is 2. The zero-order chi connectivity index (χ0) is 20.6. The molecule has 3 N–H and O–H groups in total. The van der Waals surface area contributed by atoms with Gasteiger partial charge in [-0.1, -0.05) is 32.4 Å². The third-order valence-corrected chi connectivity index (χ3v) is 8.92. The molecule has 5 heteroatoms. The van der Waals surface area contributed by atoms with E-state index < -0.39 is 29.5 Å². The van der Waals surface area contributed by atoms with Gasteiger partial charge in [-0.05, 0) is 61.0 Å². The molecule has 0 amide bonds. The fourth-order valence-corrected chi connectivity index (χ4v) is 7.60. The second kappa shape index (κ2) is 6.10. The third kappa shape index (κ3) is 2.24. The highest BCUT2D eigenvalue weighted by molar-refractivity contribution is 5.92. The number of rotatable bonds is 2. The molecule has 0 aromatic rings. The van der Waals surface area contributed by atoms with E-state index in [0.717, 1.165) is 17.6 Å². The van der Waals surface area contributed by atoms with Crippen LogP contribution < -0.4 is 0 Å². The lowest BCUT2D eigenvalue weighted by Crippen LogP contribution is -2.62. The number of aliphatic hydroxyl groups excluding tert-OH is 2. The Morgan fingerprint density at radius 2 is 2.00 bits per heavy atom. The number of aliphatic hydroxyl groups is 3. The zero-order valence-corrected chi connectivity index (χ0v) is 17.2. The van der Waals surface area contributed by atoms with Crippen LogP contribution in [0.3, 0.4) is 0 Å². The van der Waals surface area contributed by atoms with Crippen molar-refractivity contribution < 1.29 is 24.9 Å². The summed E-state index contributed by atoms with van der Waals surface area (Å²) in [4.78, 5) is 24.7. The Kier molecular flexibility index (Phi) is 4.36. The molecule has 0 radical (unpaired) electrons. The van der Waals surface area contributed by atoms with Crippen molar-refractivity contribution in [2.75, 3.05) is 6.61 Å². The van der Waals surface area contributed by atoms with E-state index in [1.165, 1.54) is 0 Å². The molecule has 0 aliphatic heterocycles. The molecule has 0 bridgehead atoms. The van der Waals surface area contributed by atoms with Gasteiger partial charge < -0.3 is 15.3 Å². The maximum atomic E-state index is 12.6. The van der Waals surface area contributed by atoms with E-state index >= 15 is 0 Å².